The number of nitrogens with one attached hydrogen (secondary N) is 2. The maximum atomic E-state index is 13.3. The van der Waals surface area contributed by atoms with Gasteiger partial charge in [0.05, 0.1) is 11.8 Å². The molecule has 2 fully saturated rings. The van der Waals surface area contributed by atoms with Gasteiger partial charge in [0.25, 0.3) is 0 Å². The highest BCUT2D eigenvalue weighted by atomic mass is 35.5. The number of nitrogens with zero attached hydrogens (tertiary/aromatic N) is 1. The maximum absolute atomic E-state index is 13.3. The molecule has 2 N–H and O–H groups in total. The van der Waals surface area contributed by atoms with Crippen LogP contribution < -0.4 is 10.6 Å². The molecule has 0 bridgehead atoms. The van der Waals surface area contributed by atoms with E-state index in [4.69, 9.17) is 11.6 Å². The van der Waals surface area contributed by atoms with Crippen LogP contribution in [-0.4, -0.2) is 35.2 Å². The van der Waals surface area contributed by atoms with Crippen LogP contribution in [0.2, 0.25) is 5.02 Å². The smallest absolute Gasteiger partial charge is 0.250 e. The molecule has 2 saturated heterocycles. The highest BCUT2D eigenvalue weighted by Gasteiger charge is 2.70. The number of hydrogen-bond donors (Lipinski definition) is 2. The summed E-state index contributed by atoms with van der Waals surface area (Å²) in [6.07, 6.45) is 1.65. The van der Waals surface area contributed by atoms with Crippen molar-refractivity contribution in [2.24, 2.45) is 17.8 Å². The number of halogens is 1. The Bertz CT molecular complexity index is 840. The summed E-state index contributed by atoms with van der Waals surface area (Å²) in [4.78, 5) is 41.0. The van der Waals surface area contributed by atoms with Crippen LogP contribution in [0.25, 0.3) is 0 Å². The standard InChI is InChI=1S/C20H24ClN3O3/c1-4-5-8-24-17(25)14-15(18(24)26)20(23-16(14)10(2)3)12-9-11(21)6-7-13(12)22-19(20)27/h6-7,9-10,14-16,23H,4-5,8H2,1-3H3,(H,22,27)/t14-,15+,16+,20+/m0/s1. The second kappa shape index (κ2) is 6.31. The number of benzene rings is 1. The van der Waals surface area contributed by atoms with Crippen LogP contribution in [0.15, 0.2) is 18.2 Å². The number of rotatable bonds is 4. The van der Waals surface area contributed by atoms with Gasteiger partial charge in [0.2, 0.25) is 17.7 Å². The highest BCUT2D eigenvalue weighted by Crippen LogP contribution is 2.54. The minimum atomic E-state index is -1.24. The van der Waals surface area contributed by atoms with Crippen molar-refractivity contribution in [3.8, 4) is 0 Å². The van der Waals surface area contributed by atoms with E-state index in [-0.39, 0.29) is 29.7 Å². The lowest BCUT2D eigenvalue weighted by molar-refractivity contribution is -0.143. The van der Waals surface area contributed by atoms with Gasteiger partial charge in [-0.1, -0.05) is 38.8 Å². The number of carbonyl (C=O) groups excluding carboxylic acids is 3. The Morgan fingerprint density at radius 1 is 1.22 bits per heavy atom. The topological polar surface area (TPSA) is 78.5 Å². The van der Waals surface area contributed by atoms with Crippen molar-refractivity contribution >= 4 is 35.0 Å². The number of fused-ring (bicyclic) bond motifs is 4. The molecule has 6 nitrogen and oxygen atoms in total. The lowest BCUT2D eigenvalue weighted by Crippen LogP contribution is -2.54. The Hall–Kier alpha value is -1.92. The first-order chi connectivity index (χ1) is 12.8. The van der Waals surface area contributed by atoms with Crippen molar-refractivity contribution in [2.75, 3.05) is 11.9 Å². The van der Waals surface area contributed by atoms with Gasteiger partial charge in [0.1, 0.15) is 5.54 Å². The average Bonchev–Trinajstić information content (AvgIpc) is 3.20. The Labute approximate surface area is 163 Å². The quantitative estimate of drug-likeness (QED) is 0.775. The summed E-state index contributed by atoms with van der Waals surface area (Å²) in [7, 11) is 0. The summed E-state index contributed by atoms with van der Waals surface area (Å²) >= 11 is 6.21. The van der Waals surface area contributed by atoms with Gasteiger partial charge in [-0.05, 0) is 30.5 Å². The summed E-state index contributed by atoms with van der Waals surface area (Å²) < 4.78 is 0. The van der Waals surface area contributed by atoms with Crippen molar-refractivity contribution in [1.29, 1.82) is 0 Å². The van der Waals surface area contributed by atoms with Gasteiger partial charge in [-0.25, -0.2) is 0 Å². The predicted octanol–water partition coefficient (Wildman–Crippen LogP) is 2.52. The van der Waals surface area contributed by atoms with Gasteiger partial charge in [0.15, 0.2) is 0 Å². The van der Waals surface area contributed by atoms with Crippen LogP contribution in [0, 0.1) is 17.8 Å². The zero-order chi connectivity index (χ0) is 19.5. The first-order valence-corrected chi connectivity index (χ1v) is 9.95. The summed E-state index contributed by atoms with van der Waals surface area (Å²) in [5.74, 6) is -1.88. The third kappa shape index (κ3) is 2.39. The number of amides is 3. The van der Waals surface area contributed by atoms with E-state index in [1.54, 1.807) is 18.2 Å². The van der Waals surface area contributed by atoms with Gasteiger partial charge >= 0.3 is 0 Å². The van der Waals surface area contributed by atoms with Gasteiger partial charge in [-0.2, -0.15) is 0 Å². The van der Waals surface area contributed by atoms with E-state index in [0.29, 0.717) is 22.8 Å². The lowest BCUT2D eigenvalue weighted by atomic mass is 9.76. The molecule has 1 aromatic rings. The van der Waals surface area contributed by atoms with Crippen LogP contribution in [-0.2, 0) is 19.9 Å². The van der Waals surface area contributed by atoms with E-state index in [9.17, 15) is 14.4 Å². The summed E-state index contributed by atoms with van der Waals surface area (Å²) in [5, 5.41) is 6.78. The fraction of sp³-hybridized carbons (Fsp3) is 0.550. The molecule has 3 aliphatic rings. The number of likely N-dealkylation sites (tertiary alicyclic amines) is 1. The van der Waals surface area contributed by atoms with Crippen LogP contribution in [0.4, 0.5) is 5.69 Å². The van der Waals surface area contributed by atoms with Crippen LogP contribution in [0.3, 0.4) is 0 Å². The minimum Gasteiger partial charge on any atom is -0.324 e. The molecule has 0 aliphatic carbocycles. The third-order valence-corrected chi connectivity index (χ3v) is 6.39. The average molecular weight is 390 g/mol. The van der Waals surface area contributed by atoms with E-state index in [2.05, 4.69) is 10.6 Å². The molecule has 4 rings (SSSR count). The molecule has 7 heteroatoms. The molecule has 0 aromatic heterocycles. The first-order valence-electron chi connectivity index (χ1n) is 9.57. The fourth-order valence-corrected chi connectivity index (χ4v) is 5.05. The molecule has 3 amide bonds. The van der Waals surface area contributed by atoms with Crippen LogP contribution in [0.1, 0.15) is 39.2 Å². The Balaban J connectivity index is 1.86. The van der Waals surface area contributed by atoms with Gasteiger partial charge in [-0.3, -0.25) is 24.6 Å². The molecule has 4 atom stereocenters. The molecule has 0 unspecified atom stereocenters. The van der Waals surface area contributed by atoms with Crippen molar-refractivity contribution in [2.45, 2.75) is 45.2 Å². The van der Waals surface area contributed by atoms with Crippen LogP contribution in [0.5, 0.6) is 0 Å². The fourth-order valence-electron chi connectivity index (χ4n) is 4.88. The summed E-state index contributed by atoms with van der Waals surface area (Å²) in [6, 6.07) is 4.93. The minimum absolute atomic E-state index is 0.0933. The van der Waals surface area contributed by atoms with E-state index in [0.717, 1.165) is 12.8 Å². The molecule has 1 spiro atoms. The normalized spacial score (nSPS) is 31.8. The lowest BCUT2D eigenvalue weighted by Gasteiger charge is -2.30. The molecule has 27 heavy (non-hydrogen) atoms. The van der Waals surface area contributed by atoms with E-state index in [1.165, 1.54) is 4.90 Å². The molecule has 144 valence electrons. The zero-order valence-electron chi connectivity index (χ0n) is 15.7. The number of imide groups is 1. The zero-order valence-corrected chi connectivity index (χ0v) is 16.5. The predicted molar refractivity (Wildman–Crippen MR) is 102 cm³/mol. The van der Waals surface area contributed by atoms with Crippen LogP contribution >= 0.6 is 11.6 Å². The monoisotopic (exact) mass is 389 g/mol. The second-order valence-corrected chi connectivity index (χ2v) is 8.49. The van der Waals surface area contributed by atoms with E-state index in [1.807, 2.05) is 20.8 Å². The maximum Gasteiger partial charge on any atom is 0.250 e. The van der Waals surface area contributed by atoms with Gasteiger partial charge in [0, 0.05) is 28.9 Å². The largest absolute Gasteiger partial charge is 0.324 e. The van der Waals surface area contributed by atoms with Crippen molar-refractivity contribution in [1.82, 2.24) is 10.2 Å². The number of hydrogen-bond acceptors (Lipinski definition) is 4. The highest BCUT2D eigenvalue weighted by molar-refractivity contribution is 6.31. The molecular formula is C20H24ClN3O3. The number of carbonyl (C=O) groups is 3. The second-order valence-electron chi connectivity index (χ2n) is 8.05. The van der Waals surface area contributed by atoms with Crippen molar-refractivity contribution in [3.63, 3.8) is 0 Å². The molecule has 3 aliphatic heterocycles. The molecule has 1 aromatic carbocycles. The summed E-state index contributed by atoms with van der Waals surface area (Å²) in [6.45, 7) is 6.44. The molecule has 3 heterocycles. The summed E-state index contributed by atoms with van der Waals surface area (Å²) in [5.41, 5.74) is 0.0667. The molecule has 0 radical (unpaired) electrons. The Morgan fingerprint density at radius 2 is 1.96 bits per heavy atom. The SMILES string of the molecule is CCCCN1C(=O)[C@@H]2[C@@H](C(C)C)N[C@@]3(C(=O)Nc4ccc(Cl)cc43)[C@H]2C1=O. The van der Waals surface area contributed by atoms with E-state index >= 15 is 0 Å². The first kappa shape index (κ1) is 18.4. The number of anilines is 1. The van der Waals surface area contributed by atoms with Crippen molar-refractivity contribution < 1.29 is 14.4 Å². The van der Waals surface area contributed by atoms with Crippen molar-refractivity contribution in [3.05, 3.63) is 28.8 Å². The van der Waals surface area contributed by atoms with Gasteiger partial charge < -0.3 is 5.32 Å². The Kier molecular flexibility index (Phi) is 4.31. The van der Waals surface area contributed by atoms with E-state index < -0.39 is 17.4 Å². The Morgan fingerprint density at radius 3 is 2.63 bits per heavy atom. The third-order valence-electron chi connectivity index (χ3n) is 6.16. The molecular weight excluding hydrogens is 366 g/mol. The number of unbranched alkanes of at least 4 members (excludes halogenated alkanes) is 1. The molecule has 0 saturated carbocycles. The van der Waals surface area contributed by atoms with Gasteiger partial charge in [-0.15, -0.1) is 0 Å².